The summed E-state index contributed by atoms with van der Waals surface area (Å²) in [6.07, 6.45) is 1.82. The van der Waals surface area contributed by atoms with Gasteiger partial charge in [0.25, 0.3) is 11.6 Å². The topological polar surface area (TPSA) is 101 Å². The van der Waals surface area contributed by atoms with E-state index in [1.807, 2.05) is 6.26 Å². The van der Waals surface area contributed by atoms with Crippen LogP contribution in [0.1, 0.15) is 24.2 Å². The van der Waals surface area contributed by atoms with Gasteiger partial charge in [-0.05, 0) is 18.4 Å². The fourth-order valence-corrected chi connectivity index (χ4v) is 2.08. The predicted molar refractivity (Wildman–Crippen MR) is 85.1 cm³/mol. The van der Waals surface area contributed by atoms with Crippen LogP contribution in [0.15, 0.2) is 23.1 Å². The van der Waals surface area contributed by atoms with Gasteiger partial charge in [0.1, 0.15) is 5.56 Å². The maximum atomic E-state index is 12.1. The highest BCUT2D eigenvalue weighted by molar-refractivity contribution is 7.98. The van der Waals surface area contributed by atoms with Crippen molar-refractivity contribution in [2.75, 3.05) is 19.3 Å². The largest absolute Gasteiger partial charge is 0.354 e. The molecule has 1 aromatic rings. The Morgan fingerprint density at radius 2 is 1.91 bits per heavy atom. The highest BCUT2D eigenvalue weighted by atomic mass is 32.2. The Kier molecular flexibility index (Phi) is 6.84. The molecule has 1 aromatic carbocycles. The van der Waals surface area contributed by atoms with Gasteiger partial charge < -0.3 is 10.6 Å². The molecular formula is C14H19N3O4S. The average molecular weight is 325 g/mol. The van der Waals surface area contributed by atoms with Gasteiger partial charge in [0.05, 0.1) is 4.92 Å². The lowest BCUT2D eigenvalue weighted by Gasteiger charge is -2.09. The third-order valence-electron chi connectivity index (χ3n) is 2.88. The van der Waals surface area contributed by atoms with E-state index in [4.69, 9.17) is 0 Å². The highest BCUT2D eigenvalue weighted by Gasteiger charge is 2.20. The molecule has 120 valence electrons. The molecule has 0 radical (unpaired) electrons. The molecule has 0 bridgehead atoms. The van der Waals surface area contributed by atoms with Crippen LogP contribution in [0.4, 0.5) is 5.69 Å². The first-order valence-corrected chi connectivity index (χ1v) is 7.97. The first-order chi connectivity index (χ1) is 10.4. The summed E-state index contributed by atoms with van der Waals surface area (Å²) in [6.45, 7) is 4.02. The van der Waals surface area contributed by atoms with Crippen LogP contribution in [0.25, 0.3) is 0 Å². The summed E-state index contributed by atoms with van der Waals surface area (Å²) < 4.78 is 0. The first kappa shape index (κ1) is 18.0. The molecule has 2 N–H and O–H groups in total. The van der Waals surface area contributed by atoms with Crippen LogP contribution in [0.3, 0.4) is 0 Å². The van der Waals surface area contributed by atoms with Gasteiger partial charge in [0, 0.05) is 30.0 Å². The van der Waals surface area contributed by atoms with Crippen molar-refractivity contribution in [3.8, 4) is 0 Å². The molecule has 22 heavy (non-hydrogen) atoms. The minimum Gasteiger partial charge on any atom is -0.354 e. The number of carbonyl (C=O) groups excluding carboxylic acids is 2. The van der Waals surface area contributed by atoms with Gasteiger partial charge in [-0.15, -0.1) is 11.8 Å². The fraction of sp³-hybridized carbons (Fsp3) is 0.429. The molecule has 0 saturated heterocycles. The molecular weight excluding hydrogens is 306 g/mol. The Labute approximate surface area is 133 Å². The number of carbonyl (C=O) groups is 2. The predicted octanol–water partition coefficient (Wildman–Crippen LogP) is 1.82. The van der Waals surface area contributed by atoms with Crippen molar-refractivity contribution in [2.24, 2.45) is 5.92 Å². The summed E-state index contributed by atoms with van der Waals surface area (Å²) >= 11 is 1.40. The van der Waals surface area contributed by atoms with E-state index in [0.29, 0.717) is 0 Å². The van der Waals surface area contributed by atoms with Crippen molar-refractivity contribution in [3.63, 3.8) is 0 Å². The monoisotopic (exact) mass is 325 g/mol. The number of amides is 2. The summed E-state index contributed by atoms with van der Waals surface area (Å²) in [5.74, 6) is -0.763. The van der Waals surface area contributed by atoms with E-state index in [9.17, 15) is 19.7 Å². The molecule has 0 aliphatic carbocycles. The average Bonchev–Trinajstić information content (AvgIpc) is 2.50. The number of hydrogen-bond acceptors (Lipinski definition) is 5. The van der Waals surface area contributed by atoms with Gasteiger partial charge in [-0.1, -0.05) is 13.8 Å². The van der Waals surface area contributed by atoms with Crippen LogP contribution in [-0.4, -0.2) is 36.1 Å². The number of nitrogens with one attached hydrogen (secondary N) is 2. The number of thioether (sulfide) groups is 1. The van der Waals surface area contributed by atoms with E-state index in [-0.39, 0.29) is 36.2 Å². The molecule has 8 heteroatoms. The molecule has 0 aliphatic heterocycles. The van der Waals surface area contributed by atoms with Crippen molar-refractivity contribution in [1.82, 2.24) is 10.6 Å². The number of nitro groups is 1. The zero-order valence-electron chi connectivity index (χ0n) is 12.7. The number of nitro benzene ring substituents is 1. The van der Waals surface area contributed by atoms with Crippen LogP contribution in [-0.2, 0) is 4.79 Å². The van der Waals surface area contributed by atoms with Crippen LogP contribution >= 0.6 is 11.8 Å². The Morgan fingerprint density at radius 1 is 1.27 bits per heavy atom. The molecule has 0 spiro atoms. The van der Waals surface area contributed by atoms with Gasteiger partial charge in [-0.3, -0.25) is 19.7 Å². The number of nitrogens with zero attached hydrogens (tertiary/aromatic N) is 1. The Bertz CT molecular complexity index is 575. The maximum Gasteiger partial charge on any atom is 0.282 e. The Morgan fingerprint density at radius 3 is 2.45 bits per heavy atom. The van der Waals surface area contributed by atoms with E-state index in [2.05, 4.69) is 10.6 Å². The van der Waals surface area contributed by atoms with Crippen LogP contribution in [0, 0.1) is 16.0 Å². The molecule has 0 aromatic heterocycles. The lowest BCUT2D eigenvalue weighted by molar-refractivity contribution is -0.385. The molecule has 7 nitrogen and oxygen atoms in total. The molecule has 0 aliphatic rings. The molecule has 1 rings (SSSR count). The highest BCUT2D eigenvalue weighted by Crippen LogP contribution is 2.24. The molecule has 0 unspecified atom stereocenters. The zero-order chi connectivity index (χ0) is 16.7. The van der Waals surface area contributed by atoms with E-state index in [0.717, 1.165) is 4.90 Å². The third kappa shape index (κ3) is 5.03. The van der Waals surface area contributed by atoms with Crippen molar-refractivity contribution in [3.05, 3.63) is 33.9 Å². The fourth-order valence-electron chi connectivity index (χ4n) is 1.64. The van der Waals surface area contributed by atoms with Crippen LogP contribution in [0.5, 0.6) is 0 Å². The minimum atomic E-state index is -0.584. The first-order valence-electron chi connectivity index (χ1n) is 6.75. The van der Waals surface area contributed by atoms with Crippen molar-refractivity contribution < 1.29 is 14.5 Å². The van der Waals surface area contributed by atoms with Gasteiger partial charge in [0.15, 0.2) is 0 Å². The molecule has 0 saturated carbocycles. The SMILES string of the molecule is CSc1ccc([N+](=O)[O-])c(C(=O)NCCNC(=O)C(C)C)c1. The number of rotatable bonds is 7. The second-order valence-corrected chi connectivity index (χ2v) is 5.72. The summed E-state index contributed by atoms with van der Waals surface area (Å²) in [6, 6.07) is 4.41. The number of hydrogen-bond donors (Lipinski definition) is 2. The summed E-state index contributed by atoms with van der Waals surface area (Å²) in [5.41, 5.74) is -0.214. The van der Waals surface area contributed by atoms with E-state index >= 15 is 0 Å². The van der Waals surface area contributed by atoms with Gasteiger partial charge in [0.2, 0.25) is 5.91 Å². The van der Waals surface area contributed by atoms with Gasteiger partial charge >= 0.3 is 0 Å². The van der Waals surface area contributed by atoms with Crippen molar-refractivity contribution in [2.45, 2.75) is 18.7 Å². The van der Waals surface area contributed by atoms with Crippen LogP contribution < -0.4 is 10.6 Å². The lowest BCUT2D eigenvalue weighted by atomic mass is 10.1. The minimum absolute atomic E-state index is 0.0204. The van der Waals surface area contributed by atoms with E-state index < -0.39 is 10.8 Å². The zero-order valence-corrected chi connectivity index (χ0v) is 13.5. The molecule has 0 fully saturated rings. The molecule has 0 heterocycles. The second-order valence-electron chi connectivity index (χ2n) is 4.84. The normalized spacial score (nSPS) is 10.4. The summed E-state index contributed by atoms with van der Waals surface area (Å²) in [5, 5.41) is 16.2. The van der Waals surface area contributed by atoms with E-state index in [1.54, 1.807) is 19.9 Å². The lowest BCUT2D eigenvalue weighted by Crippen LogP contribution is -2.36. The number of benzene rings is 1. The van der Waals surface area contributed by atoms with Crippen molar-refractivity contribution in [1.29, 1.82) is 0 Å². The maximum absolute atomic E-state index is 12.1. The second kappa shape index (κ2) is 8.38. The smallest absolute Gasteiger partial charge is 0.282 e. The van der Waals surface area contributed by atoms with E-state index in [1.165, 1.54) is 23.9 Å². The van der Waals surface area contributed by atoms with Crippen LogP contribution in [0.2, 0.25) is 0 Å². The Hall–Kier alpha value is -2.09. The van der Waals surface area contributed by atoms with Gasteiger partial charge in [-0.2, -0.15) is 0 Å². The van der Waals surface area contributed by atoms with Gasteiger partial charge in [-0.25, -0.2) is 0 Å². The Balaban J connectivity index is 2.68. The molecule has 0 atom stereocenters. The molecule has 2 amide bonds. The standard InChI is InChI=1S/C14H19N3O4S/c1-9(2)13(18)15-6-7-16-14(19)11-8-10(22-3)4-5-12(11)17(20)21/h4-5,8-9H,6-7H2,1-3H3,(H,15,18)(H,16,19). The third-order valence-corrected chi connectivity index (χ3v) is 3.60. The summed E-state index contributed by atoms with van der Waals surface area (Å²) in [7, 11) is 0. The quantitative estimate of drug-likeness (QED) is 0.345. The summed E-state index contributed by atoms with van der Waals surface area (Å²) in [4.78, 5) is 34.6. The van der Waals surface area contributed by atoms with Crippen molar-refractivity contribution >= 4 is 29.3 Å².